The average molecular weight is 353 g/mol. The molecule has 0 bridgehead atoms. The Morgan fingerprint density at radius 2 is 1.85 bits per heavy atom. The van der Waals surface area contributed by atoms with Crippen LogP contribution in [0.5, 0.6) is 0 Å². The average Bonchev–Trinajstić information content (AvgIpc) is 3.04. The Kier molecular flexibility index (Phi) is 4.79. The van der Waals surface area contributed by atoms with Gasteiger partial charge in [0.1, 0.15) is 5.92 Å². The van der Waals surface area contributed by atoms with E-state index in [1.165, 1.54) is 0 Å². The molecule has 0 aromatic heterocycles. The van der Waals surface area contributed by atoms with Crippen LogP contribution in [0.4, 0.5) is 0 Å². The third kappa shape index (κ3) is 3.21. The molecule has 2 amide bonds. The first kappa shape index (κ1) is 18.4. The Bertz CT molecular complexity index is 722. The molecule has 3 rings (SSSR count). The van der Waals surface area contributed by atoms with Crippen LogP contribution in [0.2, 0.25) is 0 Å². The third-order valence-corrected chi connectivity index (χ3v) is 6.03. The fraction of sp³-hybridized carbons (Fsp3) is 0.571. The topological polar surface area (TPSA) is 73.2 Å². The van der Waals surface area contributed by atoms with Gasteiger partial charge in [-0.25, -0.2) is 0 Å². The summed E-state index contributed by atoms with van der Waals surface area (Å²) < 4.78 is 0. The van der Waals surface area contributed by atoms with Crippen molar-refractivity contribution in [3.8, 4) is 6.07 Å². The van der Waals surface area contributed by atoms with Crippen molar-refractivity contribution < 1.29 is 9.59 Å². The van der Waals surface area contributed by atoms with Crippen LogP contribution in [0.1, 0.15) is 39.2 Å². The summed E-state index contributed by atoms with van der Waals surface area (Å²) in [5, 5.41) is 12.7. The first-order chi connectivity index (χ1) is 12.3. The van der Waals surface area contributed by atoms with Crippen LogP contribution < -0.4 is 5.32 Å². The van der Waals surface area contributed by atoms with Crippen LogP contribution in [0.3, 0.4) is 0 Å². The standard InChI is InChI=1S/C21H27N3O2/c1-20(2,3)16-13-23-18(25)17(16)19(26)24-11-9-21(14-22,10-12-24)15-7-5-4-6-8-15/h4-8,16-17H,9-13H2,1-3H3,(H,23,25)/t16-,17+/m0/s1. The van der Waals surface area contributed by atoms with Crippen molar-refractivity contribution in [2.24, 2.45) is 17.3 Å². The molecule has 0 unspecified atom stereocenters. The van der Waals surface area contributed by atoms with E-state index >= 15 is 0 Å². The number of carbonyl (C=O) groups is 2. The summed E-state index contributed by atoms with van der Waals surface area (Å²) in [6.45, 7) is 7.81. The molecule has 1 N–H and O–H groups in total. The maximum absolute atomic E-state index is 13.1. The highest BCUT2D eigenvalue weighted by Gasteiger charge is 2.48. The number of likely N-dealkylation sites (tertiary alicyclic amines) is 1. The molecular weight excluding hydrogens is 326 g/mol. The number of amides is 2. The summed E-state index contributed by atoms with van der Waals surface area (Å²) in [5.41, 5.74) is 0.357. The molecule has 2 fully saturated rings. The SMILES string of the molecule is CC(C)(C)[C@H]1CNC(=O)[C@@H]1C(=O)N1CCC(C#N)(c2ccccc2)CC1. The second-order valence-corrected chi connectivity index (χ2v) is 8.58. The molecule has 0 saturated carbocycles. The van der Waals surface area contributed by atoms with Gasteiger partial charge in [0.2, 0.25) is 11.8 Å². The van der Waals surface area contributed by atoms with Gasteiger partial charge in [-0.2, -0.15) is 5.26 Å². The van der Waals surface area contributed by atoms with Crippen molar-refractivity contribution in [3.05, 3.63) is 35.9 Å². The van der Waals surface area contributed by atoms with Gasteiger partial charge < -0.3 is 10.2 Å². The van der Waals surface area contributed by atoms with E-state index in [1.807, 2.05) is 30.3 Å². The number of nitriles is 1. The molecule has 0 spiro atoms. The summed E-state index contributed by atoms with van der Waals surface area (Å²) in [6, 6.07) is 12.3. The van der Waals surface area contributed by atoms with Crippen molar-refractivity contribution in [2.75, 3.05) is 19.6 Å². The van der Waals surface area contributed by atoms with E-state index in [1.54, 1.807) is 4.90 Å². The van der Waals surface area contributed by atoms with Crippen molar-refractivity contribution in [2.45, 2.75) is 39.0 Å². The number of carbonyl (C=O) groups excluding carboxylic acids is 2. The van der Waals surface area contributed by atoms with Gasteiger partial charge in [0.15, 0.2) is 0 Å². The third-order valence-electron chi connectivity index (χ3n) is 6.03. The summed E-state index contributed by atoms with van der Waals surface area (Å²) in [7, 11) is 0. The van der Waals surface area contributed by atoms with E-state index in [0.29, 0.717) is 32.5 Å². The first-order valence-electron chi connectivity index (χ1n) is 9.32. The molecule has 2 aliphatic rings. The highest BCUT2D eigenvalue weighted by Crippen LogP contribution is 2.39. The minimum atomic E-state index is -0.610. The molecule has 2 aliphatic heterocycles. The molecule has 5 heteroatoms. The Hall–Kier alpha value is -2.35. The van der Waals surface area contributed by atoms with Crippen LogP contribution in [0, 0.1) is 28.6 Å². The van der Waals surface area contributed by atoms with E-state index in [0.717, 1.165) is 5.56 Å². The van der Waals surface area contributed by atoms with Crippen molar-refractivity contribution >= 4 is 11.8 Å². The summed E-state index contributed by atoms with van der Waals surface area (Å²) in [6.07, 6.45) is 1.21. The van der Waals surface area contributed by atoms with E-state index in [-0.39, 0.29) is 23.1 Å². The fourth-order valence-corrected chi connectivity index (χ4v) is 4.24. The maximum atomic E-state index is 13.1. The minimum absolute atomic E-state index is 0.000672. The zero-order valence-corrected chi connectivity index (χ0v) is 15.8. The van der Waals surface area contributed by atoms with Gasteiger partial charge in [-0.05, 0) is 23.8 Å². The predicted octanol–water partition coefficient (Wildman–Crippen LogP) is 2.48. The molecule has 2 atom stereocenters. The van der Waals surface area contributed by atoms with E-state index in [9.17, 15) is 14.9 Å². The largest absolute Gasteiger partial charge is 0.355 e. The zero-order valence-electron chi connectivity index (χ0n) is 15.8. The van der Waals surface area contributed by atoms with Gasteiger partial charge in [-0.1, -0.05) is 51.1 Å². The molecule has 1 aromatic carbocycles. The zero-order chi connectivity index (χ0) is 18.9. The van der Waals surface area contributed by atoms with Crippen LogP contribution in [0.25, 0.3) is 0 Å². The lowest BCUT2D eigenvalue weighted by Crippen LogP contribution is -2.49. The van der Waals surface area contributed by atoms with Crippen molar-refractivity contribution in [1.29, 1.82) is 5.26 Å². The lowest BCUT2D eigenvalue weighted by atomic mass is 9.72. The molecule has 0 aliphatic carbocycles. The van der Waals surface area contributed by atoms with Crippen LogP contribution in [-0.2, 0) is 15.0 Å². The second-order valence-electron chi connectivity index (χ2n) is 8.58. The Balaban J connectivity index is 1.74. The molecule has 2 heterocycles. The number of piperidine rings is 1. The number of hydrogen-bond donors (Lipinski definition) is 1. The smallest absolute Gasteiger partial charge is 0.235 e. The molecule has 138 valence electrons. The summed E-state index contributed by atoms with van der Waals surface area (Å²) in [5.74, 6) is -0.852. The Morgan fingerprint density at radius 3 is 2.38 bits per heavy atom. The van der Waals surface area contributed by atoms with E-state index < -0.39 is 11.3 Å². The summed E-state index contributed by atoms with van der Waals surface area (Å²) >= 11 is 0. The highest BCUT2D eigenvalue weighted by atomic mass is 16.2. The number of nitrogens with one attached hydrogen (secondary N) is 1. The number of nitrogens with zero attached hydrogens (tertiary/aromatic N) is 2. The van der Waals surface area contributed by atoms with Crippen molar-refractivity contribution in [3.63, 3.8) is 0 Å². The predicted molar refractivity (Wildman–Crippen MR) is 99.0 cm³/mol. The number of hydrogen-bond acceptors (Lipinski definition) is 3. The van der Waals surface area contributed by atoms with Crippen LogP contribution >= 0.6 is 0 Å². The minimum Gasteiger partial charge on any atom is -0.355 e. The molecular formula is C21H27N3O2. The second kappa shape index (κ2) is 6.75. The van der Waals surface area contributed by atoms with Crippen molar-refractivity contribution in [1.82, 2.24) is 10.2 Å². The Morgan fingerprint density at radius 1 is 1.23 bits per heavy atom. The molecule has 0 radical (unpaired) electrons. The monoisotopic (exact) mass is 353 g/mol. The first-order valence-corrected chi connectivity index (χ1v) is 9.32. The molecule has 5 nitrogen and oxygen atoms in total. The maximum Gasteiger partial charge on any atom is 0.235 e. The van der Waals surface area contributed by atoms with Crippen LogP contribution in [-0.4, -0.2) is 36.3 Å². The molecule has 26 heavy (non-hydrogen) atoms. The Labute approximate surface area is 155 Å². The number of rotatable bonds is 2. The van der Waals surface area contributed by atoms with E-state index in [2.05, 4.69) is 32.2 Å². The van der Waals surface area contributed by atoms with Gasteiger partial charge in [-0.15, -0.1) is 0 Å². The quantitative estimate of drug-likeness (QED) is 0.830. The summed E-state index contributed by atoms with van der Waals surface area (Å²) in [4.78, 5) is 27.2. The fourth-order valence-electron chi connectivity index (χ4n) is 4.24. The van der Waals surface area contributed by atoms with Gasteiger partial charge >= 0.3 is 0 Å². The lowest BCUT2D eigenvalue weighted by molar-refractivity contribution is -0.144. The van der Waals surface area contributed by atoms with Gasteiger partial charge in [0.25, 0.3) is 0 Å². The molecule has 1 aromatic rings. The van der Waals surface area contributed by atoms with Gasteiger partial charge in [0.05, 0.1) is 11.5 Å². The van der Waals surface area contributed by atoms with Gasteiger partial charge in [0, 0.05) is 25.6 Å². The van der Waals surface area contributed by atoms with E-state index in [4.69, 9.17) is 0 Å². The lowest BCUT2D eigenvalue weighted by Gasteiger charge is -2.39. The molecule has 2 saturated heterocycles. The number of benzene rings is 1. The van der Waals surface area contributed by atoms with Crippen LogP contribution in [0.15, 0.2) is 30.3 Å². The highest BCUT2D eigenvalue weighted by molar-refractivity contribution is 6.02. The van der Waals surface area contributed by atoms with Gasteiger partial charge in [-0.3, -0.25) is 9.59 Å². The normalized spacial score (nSPS) is 25.5.